The van der Waals surface area contributed by atoms with Crippen molar-refractivity contribution in [3.63, 3.8) is 0 Å². The maximum atomic E-state index is 11.7. The van der Waals surface area contributed by atoms with Gasteiger partial charge < -0.3 is 14.9 Å². The van der Waals surface area contributed by atoms with Crippen LogP contribution in [0, 0.1) is 5.92 Å². The zero-order valence-electron chi connectivity index (χ0n) is 12.6. The first-order chi connectivity index (χ1) is 10.0. The van der Waals surface area contributed by atoms with Gasteiger partial charge in [0.2, 0.25) is 0 Å². The van der Waals surface area contributed by atoms with E-state index in [0.29, 0.717) is 23.8 Å². The number of ether oxygens (including phenoxy) is 1. The van der Waals surface area contributed by atoms with Gasteiger partial charge in [-0.05, 0) is 56.5 Å². The summed E-state index contributed by atoms with van der Waals surface area (Å²) in [6, 6.07) is 4.12. The molecule has 0 saturated carbocycles. The SMILES string of the molecule is CCOc1cc(C(C(=O)O)N2CCC(C)CC2)ccc1O. The van der Waals surface area contributed by atoms with E-state index in [1.54, 1.807) is 12.1 Å². The summed E-state index contributed by atoms with van der Waals surface area (Å²) in [4.78, 5) is 13.7. The number of piperidine rings is 1. The first-order valence-corrected chi connectivity index (χ1v) is 7.45. The molecule has 5 nitrogen and oxygen atoms in total. The van der Waals surface area contributed by atoms with Gasteiger partial charge in [-0.15, -0.1) is 0 Å². The number of benzene rings is 1. The first kappa shape index (κ1) is 15.6. The van der Waals surface area contributed by atoms with Crippen LogP contribution in [0.15, 0.2) is 18.2 Å². The molecule has 0 aliphatic carbocycles. The zero-order chi connectivity index (χ0) is 15.4. The summed E-state index contributed by atoms with van der Waals surface area (Å²) in [5, 5.41) is 19.3. The highest BCUT2D eigenvalue weighted by atomic mass is 16.5. The average Bonchev–Trinajstić information content (AvgIpc) is 2.44. The molecule has 1 aromatic rings. The van der Waals surface area contributed by atoms with Crippen molar-refractivity contribution in [2.75, 3.05) is 19.7 Å². The number of hydrogen-bond acceptors (Lipinski definition) is 4. The number of hydrogen-bond donors (Lipinski definition) is 2. The van der Waals surface area contributed by atoms with E-state index in [-0.39, 0.29) is 5.75 Å². The molecule has 116 valence electrons. The summed E-state index contributed by atoms with van der Waals surface area (Å²) in [7, 11) is 0. The minimum atomic E-state index is -0.863. The van der Waals surface area contributed by atoms with Crippen LogP contribution >= 0.6 is 0 Å². The highest BCUT2D eigenvalue weighted by Crippen LogP contribution is 2.33. The van der Waals surface area contributed by atoms with E-state index in [2.05, 4.69) is 6.92 Å². The predicted molar refractivity (Wildman–Crippen MR) is 79.6 cm³/mol. The number of nitrogens with zero attached hydrogens (tertiary/aromatic N) is 1. The first-order valence-electron chi connectivity index (χ1n) is 7.45. The van der Waals surface area contributed by atoms with E-state index in [0.717, 1.165) is 25.9 Å². The maximum Gasteiger partial charge on any atom is 0.325 e. The summed E-state index contributed by atoms with van der Waals surface area (Å²) in [5.41, 5.74) is 0.651. The Kier molecular flexibility index (Phi) is 5.07. The third-order valence-electron chi connectivity index (χ3n) is 4.02. The van der Waals surface area contributed by atoms with Crippen molar-refractivity contribution in [2.45, 2.75) is 32.7 Å². The van der Waals surface area contributed by atoms with Crippen LogP contribution in [0.4, 0.5) is 0 Å². The van der Waals surface area contributed by atoms with E-state index >= 15 is 0 Å². The molecule has 0 spiro atoms. The number of carboxylic acid groups (broad SMARTS) is 1. The second-order valence-corrected chi connectivity index (χ2v) is 5.62. The van der Waals surface area contributed by atoms with Crippen molar-refractivity contribution in [3.8, 4) is 11.5 Å². The largest absolute Gasteiger partial charge is 0.504 e. The molecule has 2 N–H and O–H groups in total. The van der Waals surface area contributed by atoms with Gasteiger partial charge in [-0.2, -0.15) is 0 Å². The van der Waals surface area contributed by atoms with Crippen molar-refractivity contribution < 1.29 is 19.7 Å². The number of carboxylic acids is 1. The van der Waals surface area contributed by atoms with Crippen LogP contribution in [0.1, 0.15) is 38.3 Å². The van der Waals surface area contributed by atoms with E-state index < -0.39 is 12.0 Å². The average molecular weight is 293 g/mol. The second-order valence-electron chi connectivity index (χ2n) is 5.62. The molecule has 1 atom stereocenters. The number of aromatic hydroxyl groups is 1. The summed E-state index contributed by atoms with van der Waals surface area (Å²) in [6.45, 7) is 6.01. The lowest BCUT2D eigenvalue weighted by molar-refractivity contribution is -0.144. The van der Waals surface area contributed by atoms with Gasteiger partial charge >= 0.3 is 5.97 Å². The third kappa shape index (κ3) is 3.67. The Morgan fingerprint density at radius 3 is 2.67 bits per heavy atom. The number of phenolic OH excluding ortho intramolecular Hbond substituents is 1. The summed E-state index contributed by atoms with van der Waals surface area (Å²) in [6.07, 6.45) is 2.03. The third-order valence-corrected chi connectivity index (χ3v) is 4.02. The molecule has 1 heterocycles. The quantitative estimate of drug-likeness (QED) is 0.873. The minimum absolute atomic E-state index is 0.0389. The Balaban J connectivity index is 2.26. The summed E-state index contributed by atoms with van der Waals surface area (Å²) < 4.78 is 5.35. The Morgan fingerprint density at radius 2 is 2.10 bits per heavy atom. The number of aliphatic carboxylic acids is 1. The van der Waals surface area contributed by atoms with Gasteiger partial charge in [0.15, 0.2) is 11.5 Å². The Labute approximate surface area is 125 Å². The van der Waals surface area contributed by atoms with Crippen molar-refractivity contribution in [1.82, 2.24) is 4.90 Å². The molecule has 1 saturated heterocycles. The molecule has 1 aromatic carbocycles. The molecule has 1 aliphatic rings. The molecule has 0 bridgehead atoms. The van der Waals surface area contributed by atoms with Crippen molar-refractivity contribution >= 4 is 5.97 Å². The Bertz CT molecular complexity index is 495. The predicted octanol–water partition coefficient (Wildman–Crippen LogP) is 2.65. The lowest BCUT2D eigenvalue weighted by Crippen LogP contribution is -2.39. The molecule has 0 radical (unpaired) electrons. The van der Waals surface area contributed by atoms with Gasteiger partial charge in [0.05, 0.1) is 6.61 Å². The molecule has 21 heavy (non-hydrogen) atoms. The van der Waals surface area contributed by atoms with Gasteiger partial charge in [0, 0.05) is 0 Å². The number of carbonyl (C=O) groups is 1. The molecule has 1 unspecified atom stereocenters. The van der Waals surface area contributed by atoms with Crippen LogP contribution < -0.4 is 4.74 Å². The lowest BCUT2D eigenvalue weighted by atomic mass is 9.95. The van der Waals surface area contributed by atoms with Crippen LogP contribution in [-0.4, -0.2) is 40.8 Å². The lowest BCUT2D eigenvalue weighted by Gasteiger charge is -2.34. The summed E-state index contributed by atoms with van der Waals surface area (Å²) >= 11 is 0. The van der Waals surface area contributed by atoms with E-state index in [9.17, 15) is 15.0 Å². The molecule has 0 amide bonds. The highest BCUT2D eigenvalue weighted by molar-refractivity contribution is 5.76. The highest BCUT2D eigenvalue weighted by Gasteiger charge is 2.30. The summed E-state index contributed by atoms with van der Waals surface area (Å²) in [5.74, 6) is 0.163. The normalized spacial score (nSPS) is 18.4. The van der Waals surface area contributed by atoms with Crippen molar-refractivity contribution in [1.29, 1.82) is 0 Å². The fourth-order valence-corrected chi connectivity index (χ4v) is 2.77. The van der Waals surface area contributed by atoms with Gasteiger partial charge in [-0.3, -0.25) is 9.69 Å². The molecule has 1 fully saturated rings. The van der Waals surface area contributed by atoms with Crippen LogP contribution in [-0.2, 0) is 4.79 Å². The molecular formula is C16H23NO4. The van der Waals surface area contributed by atoms with Gasteiger partial charge in [0.25, 0.3) is 0 Å². The number of likely N-dealkylation sites (tertiary alicyclic amines) is 1. The van der Waals surface area contributed by atoms with Crippen LogP contribution in [0.5, 0.6) is 11.5 Å². The topological polar surface area (TPSA) is 70.0 Å². The van der Waals surface area contributed by atoms with Gasteiger partial charge in [0.1, 0.15) is 6.04 Å². The van der Waals surface area contributed by atoms with Crippen LogP contribution in [0.2, 0.25) is 0 Å². The number of rotatable bonds is 5. The maximum absolute atomic E-state index is 11.7. The van der Waals surface area contributed by atoms with Crippen LogP contribution in [0.3, 0.4) is 0 Å². The minimum Gasteiger partial charge on any atom is -0.504 e. The molecule has 1 aliphatic heterocycles. The van der Waals surface area contributed by atoms with Crippen molar-refractivity contribution in [2.24, 2.45) is 5.92 Å². The fraction of sp³-hybridized carbons (Fsp3) is 0.562. The second kappa shape index (κ2) is 6.80. The standard InChI is InChI=1S/C16H23NO4/c1-3-21-14-10-12(4-5-13(14)18)15(16(19)20)17-8-6-11(2)7-9-17/h4-5,10-11,15,18H,3,6-9H2,1-2H3,(H,19,20). The molecule has 5 heteroatoms. The molecule has 2 rings (SSSR count). The van der Waals surface area contributed by atoms with E-state index in [1.807, 2.05) is 11.8 Å². The monoisotopic (exact) mass is 293 g/mol. The zero-order valence-corrected chi connectivity index (χ0v) is 12.6. The number of phenols is 1. The van der Waals surface area contributed by atoms with E-state index in [4.69, 9.17) is 4.74 Å². The molecule has 0 aromatic heterocycles. The van der Waals surface area contributed by atoms with Crippen LogP contribution in [0.25, 0.3) is 0 Å². The fourth-order valence-electron chi connectivity index (χ4n) is 2.77. The Hall–Kier alpha value is -1.75. The molecular weight excluding hydrogens is 270 g/mol. The van der Waals surface area contributed by atoms with Gasteiger partial charge in [-0.1, -0.05) is 13.0 Å². The van der Waals surface area contributed by atoms with E-state index in [1.165, 1.54) is 6.07 Å². The van der Waals surface area contributed by atoms with Gasteiger partial charge in [-0.25, -0.2) is 0 Å². The Morgan fingerprint density at radius 1 is 1.43 bits per heavy atom. The van der Waals surface area contributed by atoms with Crippen molar-refractivity contribution in [3.05, 3.63) is 23.8 Å². The smallest absolute Gasteiger partial charge is 0.325 e.